The van der Waals surface area contributed by atoms with Crippen molar-refractivity contribution in [2.45, 2.75) is 17.7 Å². The van der Waals surface area contributed by atoms with Crippen LogP contribution in [0.25, 0.3) is 0 Å². The molecule has 0 radical (unpaired) electrons. The lowest BCUT2D eigenvalue weighted by Crippen LogP contribution is -2.39. The summed E-state index contributed by atoms with van der Waals surface area (Å²) in [6.07, 6.45) is 1.26. The van der Waals surface area contributed by atoms with E-state index in [2.05, 4.69) is 0 Å². The second kappa shape index (κ2) is 5.79. The number of piperidine rings is 1. The molecule has 1 aliphatic heterocycles. The monoisotopic (exact) mass is 295 g/mol. The molecule has 0 unspecified atom stereocenters. The third-order valence-corrected chi connectivity index (χ3v) is 5.53. The Labute approximate surface area is 118 Å². The van der Waals surface area contributed by atoms with Gasteiger partial charge >= 0.3 is 0 Å². The zero-order valence-corrected chi connectivity index (χ0v) is 11.8. The summed E-state index contributed by atoms with van der Waals surface area (Å²) in [4.78, 5) is -0.00310. The van der Waals surface area contributed by atoms with E-state index in [0.717, 1.165) is 0 Å². The van der Waals surface area contributed by atoms with E-state index in [1.807, 2.05) is 6.07 Å². The highest BCUT2D eigenvalue weighted by Gasteiger charge is 2.30. The van der Waals surface area contributed by atoms with Crippen molar-refractivity contribution in [3.63, 3.8) is 0 Å². The zero-order valence-electron chi connectivity index (χ0n) is 11.0. The number of aliphatic hydroxyl groups is 1. The van der Waals surface area contributed by atoms with Crippen LogP contribution in [0.5, 0.6) is 0 Å². The van der Waals surface area contributed by atoms with Gasteiger partial charge in [0.1, 0.15) is 11.0 Å². The first-order valence-corrected chi connectivity index (χ1v) is 7.83. The van der Waals surface area contributed by atoms with Gasteiger partial charge in [-0.05, 0) is 37.0 Å². The van der Waals surface area contributed by atoms with Crippen molar-refractivity contribution in [3.8, 4) is 6.07 Å². The van der Waals surface area contributed by atoms with E-state index < -0.39 is 10.0 Å². The molecule has 0 atom stereocenters. The molecule has 0 saturated carbocycles. The van der Waals surface area contributed by atoms with E-state index in [1.165, 1.54) is 22.5 Å². The molecule has 20 heavy (non-hydrogen) atoms. The zero-order chi connectivity index (χ0) is 14.8. The number of hydrogen-bond donors (Lipinski definition) is 2. The van der Waals surface area contributed by atoms with Crippen molar-refractivity contribution in [2.75, 3.05) is 25.4 Å². The molecule has 108 valence electrons. The molecule has 7 heteroatoms. The molecule has 6 nitrogen and oxygen atoms in total. The predicted molar refractivity (Wildman–Crippen MR) is 74.1 cm³/mol. The number of aliphatic hydroxyl groups excluding tert-OH is 1. The number of nitrogens with two attached hydrogens (primary N) is 1. The molecule has 0 aromatic heterocycles. The average Bonchev–Trinajstić information content (AvgIpc) is 2.46. The maximum absolute atomic E-state index is 12.5. The average molecular weight is 295 g/mol. The summed E-state index contributed by atoms with van der Waals surface area (Å²) in [5.41, 5.74) is 6.00. The first-order chi connectivity index (χ1) is 9.48. The fourth-order valence-electron chi connectivity index (χ4n) is 2.33. The van der Waals surface area contributed by atoms with Crippen LogP contribution < -0.4 is 5.73 Å². The highest BCUT2D eigenvalue weighted by molar-refractivity contribution is 7.89. The van der Waals surface area contributed by atoms with Gasteiger partial charge in [0.25, 0.3) is 0 Å². The molecule has 1 heterocycles. The number of rotatable bonds is 3. The number of nitrogens with zero attached hydrogens (tertiary/aromatic N) is 2. The van der Waals surface area contributed by atoms with Crippen molar-refractivity contribution < 1.29 is 13.5 Å². The van der Waals surface area contributed by atoms with Crippen LogP contribution in [-0.4, -0.2) is 37.5 Å². The van der Waals surface area contributed by atoms with Crippen LogP contribution in [0.1, 0.15) is 18.4 Å². The highest BCUT2D eigenvalue weighted by Crippen LogP contribution is 2.26. The van der Waals surface area contributed by atoms with Crippen LogP contribution in [0, 0.1) is 17.2 Å². The number of nitrogen functional groups attached to an aromatic ring is 1. The molecule has 1 aliphatic rings. The lowest BCUT2D eigenvalue weighted by atomic mass is 10.00. The maximum Gasteiger partial charge on any atom is 0.244 e. The summed E-state index contributed by atoms with van der Waals surface area (Å²) < 4.78 is 26.5. The van der Waals surface area contributed by atoms with Crippen molar-refractivity contribution >= 4 is 15.7 Å². The largest absolute Gasteiger partial charge is 0.399 e. The Balaban J connectivity index is 2.30. The number of benzene rings is 1. The van der Waals surface area contributed by atoms with E-state index in [4.69, 9.17) is 16.1 Å². The highest BCUT2D eigenvalue weighted by atomic mass is 32.2. The second-order valence-corrected chi connectivity index (χ2v) is 6.80. The van der Waals surface area contributed by atoms with Gasteiger partial charge in [0.15, 0.2) is 0 Å². The standard InChI is InChI=1S/C13H17N3O3S/c14-8-11-7-12(15)1-2-13(11)20(18,19)16-5-3-10(9-17)4-6-16/h1-2,7,10,17H,3-6,9,15H2. The molecule has 3 N–H and O–H groups in total. The summed E-state index contributed by atoms with van der Waals surface area (Å²) >= 11 is 0. The Bertz CT molecular complexity index is 629. The van der Waals surface area contributed by atoms with Gasteiger partial charge in [0.2, 0.25) is 10.0 Å². The minimum Gasteiger partial charge on any atom is -0.399 e. The van der Waals surface area contributed by atoms with E-state index in [-0.39, 0.29) is 23.0 Å². The van der Waals surface area contributed by atoms with Gasteiger partial charge in [0.05, 0.1) is 5.56 Å². The third-order valence-electron chi connectivity index (χ3n) is 3.57. The van der Waals surface area contributed by atoms with Gasteiger partial charge in [-0.2, -0.15) is 9.57 Å². The molecular weight excluding hydrogens is 278 g/mol. The topological polar surface area (TPSA) is 107 Å². The minimum absolute atomic E-state index is 0.00310. The molecule has 0 spiro atoms. The molecule has 1 aromatic rings. The first kappa shape index (κ1) is 14.8. The van der Waals surface area contributed by atoms with Crippen molar-refractivity contribution in [1.29, 1.82) is 5.26 Å². The summed E-state index contributed by atoms with van der Waals surface area (Å²) in [6, 6.07) is 6.10. The van der Waals surface area contributed by atoms with Gasteiger partial charge in [-0.25, -0.2) is 8.42 Å². The van der Waals surface area contributed by atoms with Crippen molar-refractivity contribution in [3.05, 3.63) is 23.8 Å². The van der Waals surface area contributed by atoms with E-state index in [0.29, 0.717) is 31.6 Å². The number of anilines is 1. The molecule has 0 amide bonds. The van der Waals surface area contributed by atoms with Crippen LogP contribution in [0.2, 0.25) is 0 Å². The summed E-state index contributed by atoms with van der Waals surface area (Å²) in [5.74, 6) is 0.156. The molecule has 2 rings (SSSR count). The first-order valence-electron chi connectivity index (χ1n) is 6.39. The minimum atomic E-state index is -3.68. The molecular formula is C13H17N3O3S. The lowest BCUT2D eigenvalue weighted by Gasteiger charge is -2.30. The van der Waals surface area contributed by atoms with Gasteiger partial charge in [-0.3, -0.25) is 0 Å². The third kappa shape index (κ3) is 2.77. The molecule has 1 saturated heterocycles. The van der Waals surface area contributed by atoms with Gasteiger partial charge in [0, 0.05) is 25.4 Å². The molecule has 0 bridgehead atoms. The normalized spacial score (nSPS) is 17.8. The summed E-state index contributed by atoms with van der Waals surface area (Å²) in [6.45, 7) is 0.810. The molecule has 1 fully saturated rings. The van der Waals surface area contributed by atoms with Crippen LogP contribution in [0.3, 0.4) is 0 Å². The van der Waals surface area contributed by atoms with Gasteiger partial charge in [-0.1, -0.05) is 0 Å². The van der Waals surface area contributed by atoms with Crippen molar-refractivity contribution in [2.24, 2.45) is 5.92 Å². The smallest absolute Gasteiger partial charge is 0.244 e. The van der Waals surface area contributed by atoms with Crippen LogP contribution in [0.15, 0.2) is 23.1 Å². The number of sulfonamides is 1. The number of nitriles is 1. The quantitative estimate of drug-likeness (QED) is 0.791. The Hall–Kier alpha value is -1.62. The predicted octanol–water partition coefficient (Wildman–Crippen LogP) is 0.533. The second-order valence-electron chi connectivity index (χ2n) is 4.90. The molecule has 0 aliphatic carbocycles. The Morgan fingerprint density at radius 3 is 2.60 bits per heavy atom. The molecule has 1 aromatic carbocycles. The van der Waals surface area contributed by atoms with Gasteiger partial charge in [-0.15, -0.1) is 0 Å². The van der Waals surface area contributed by atoms with E-state index in [9.17, 15) is 8.42 Å². The lowest BCUT2D eigenvalue weighted by molar-refractivity contribution is 0.170. The van der Waals surface area contributed by atoms with E-state index >= 15 is 0 Å². The maximum atomic E-state index is 12.5. The SMILES string of the molecule is N#Cc1cc(N)ccc1S(=O)(=O)N1CCC(CO)CC1. The number of hydrogen-bond acceptors (Lipinski definition) is 5. The Morgan fingerprint density at radius 2 is 2.05 bits per heavy atom. The van der Waals surface area contributed by atoms with Crippen molar-refractivity contribution in [1.82, 2.24) is 4.31 Å². The Morgan fingerprint density at radius 1 is 1.40 bits per heavy atom. The fourth-order valence-corrected chi connectivity index (χ4v) is 3.92. The van der Waals surface area contributed by atoms with Crippen LogP contribution >= 0.6 is 0 Å². The Kier molecular flexibility index (Phi) is 4.28. The van der Waals surface area contributed by atoms with E-state index in [1.54, 1.807) is 0 Å². The fraction of sp³-hybridized carbons (Fsp3) is 0.462. The van der Waals surface area contributed by atoms with Gasteiger partial charge < -0.3 is 10.8 Å². The summed E-state index contributed by atoms with van der Waals surface area (Å²) in [7, 11) is -3.68. The summed E-state index contributed by atoms with van der Waals surface area (Å²) in [5, 5.41) is 18.1. The van der Waals surface area contributed by atoms with Crippen LogP contribution in [-0.2, 0) is 10.0 Å². The van der Waals surface area contributed by atoms with Crippen LogP contribution in [0.4, 0.5) is 5.69 Å².